The van der Waals surface area contributed by atoms with E-state index in [0.717, 1.165) is 29.4 Å². The van der Waals surface area contributed by atoms with Gasteiger partial charge in [-0.3, -0.25) is 4.79 Å². The highest BCUT2D eigenvalue weighted by atomic mass is 35.5. The average Bonchev–Trinajstić information content (AvgIpc) is 3.10. The van der Waals surface area contributed by atoms with Crippen LogP contribution in [0.15, 0.2) is 24.3 Å². The number of hydrogen-bond acceptors (Lipinski definition) is 2. The van der Waals surface area contributed by atoms with E-state index in [2.05, 4.69) is 10.3 Å². The van der Waals surface area contributed by atoms with Crippen LogP contribution in [0.4, 0.5) is 9.18 Å². The first-order chi connectivity index (χ1) is 13.9. The number of halogens is 2. The van der Waals surface area contributed by atoms with Gasteiger partial charge >= 0.3 is 6.03 Å². The van der Waals surface area contributed by atoms with Crippen LogP contribution < -0.4 is 5.32 Å². The minimum atomic E-state index is -0.835. The molecule has 0 bridgehead atoms. The van der Waals surface area contributed by atoms with Crippen LogP contribution in [0, 0.1) is 5.92 Å². The summed E-state index contributed by atoms with van der Waals surface area (Å²) in [5, 5.41) is 4.61. The van der Waals surface area contributed by atoms with Crippen molar-refractivity contribution in [1.82, 2.24) is 20.1 Å². The van der Waals surface area contributed by atoms with Crippen LogP contribution in [0.2, 0.25) is 5.02 Å². The zero-order valence-corrected chi connectivity index (χ0v) is 17.2. The molecule has 8 heteroatoms. The van der Waals surface area contributed by atoms with Gasteiger partial charge in [-0.2, -0.15) is 0 Å². The van der Waals surface area contributed by atoms with Crippen molar-refractivity contribution >= 4 is 34.4 Å². The van der Waals surface area contributed by atoms with E-state index in [-0.39, 0.29) is 23.9 Å². The second-order valence-corrected chi connectivity index (χ2v) is 8.58. The molecule has 2 N–H and O–H groups in total. The van der Waals surface area contributed by atoms with Crippen molar-refractivity contribution in [3.05, 3.63) is 35.0 Å². The number of carbonyl (C=O) groups is 2. The lowest BCUT2D eigenvalue weighted by Crippen LogP contribution is -2.54. The van der Waals surface area contributed by atoms with Crippen LogP contribution in [0.25, 0.3) is 10.9 Å². The maximum atomic E-state index is 13.1. The number of rotatable bonds is 4. The molecule has 29 heavy (non-hydrogen) atoms. The van der Waals surface area contributed by atoms with Crippen molar-refractivity contribution in [3.63, 3.8) is 0 Å². The summed E-state index contributed by atoms with van der Waals surface area (Å²) in [4.78, 5) is 31.9. The number of likely N-dealkylation sites (N-methyl/N-ethyl adjacent to an activating group) is 1. The number of nitrogens with zero attached hydrogens (tertiary/aromatic N) is 2. The smallest absolute Gasteiger partial charge is 0.317 e. The first-order valence-electron chi connectivity index (χ1n) is 10.1. The normalized spacial score (nSPS) is 24.2. The molecule has 1 aliphatic heterocycles. The van der Waals surface area contributed by atoms with E-state index in [4.69, 9.17) is 11.6 Å². The Kier molecular flexibility index (Phi) is 5.67. The third kappa shape index (κ3) is 4.34. The monoisotopic (exact) mass is 420 g/mol. The Labute approximate surface area is 174 Å². The van der Waals surface area contributed by atoms with Gasteiger partial charge in [0.05, 0.1) is 12.6 Å². The second kappa shape index (κ2) is 8.22. The fourth-order valence-corrected chi connectivity index (χ4v) is 4.38. The predicted octanol–water partition coefficient (Wildman–Crippen LogP) is 3.70. The number of alkyl halides is 1. The standard InChI is InChI=1S/C21H26ClFN4O2/c1-26(18-3-2-6-27(12-18)20(28)14-8-16(23)9-14)21(29)24-11-17-10-13-7-15(22)4-5-19(13)25-17/h4-5,7,10,14,16,18,25H,2-3,6,8-9,11-12H2,1H3,(H,24,29)/t14?,16?,18-/m1/s1. The van der Waals surface area contributed by atoms with Gasteiger partial charge in [0.2, 0.25) is 5.91 Å². The second-order valence-electron chi connectivity index (χ2n) is 8.14. The lowest BCUT2D eigenvalue weighted by molar-refractivity contribution is -0.142. The van der Waals surface area contributed by atoms with Crippen molar-refractivity contribution in [3.8, 4) is 0 Å². The third-order valence-corrected chi connectivity index (χ3v) is 6.31. The number of likely N-dealkylation sites (tertiary alicyclic amines) is 1. The Morgan fingerprint density at radius 1 is 1.34 bits per heavy atom. The maximum Gasteiger partial charge on any atom is 0.317 e. The number of hydrogen-bond donors (Lipinski definition) is 2. The molecule has 0 unspecified atom stereocenters. The van der Waals surface area contributed by atoms with Crippen LogP contribution in [0.1, 0.15) is 31.4 Å². The molecule has 2 aromatic rings. The number of piperidine rings is 1. The summed E-state index contributed by atoms with van der Waals surface area (Å²) in [7, 11) is 1.76. The van der Waals surface area contributed by atoms with Crippen molar-refractivity contribution < 1.29 is 14.0 Å². The van der Waals surface area contributed by atoms with Crippen LogP contribution >= 0.6 is 11.6 Å². The molecular formula is C21H26ClFN4O2. The molecule has 2 aliphatic rings. The highest BCUT2D eigenvalue weighted by Crippen LogP contribution is 2.32. The molecule has 0 radical (unpaired) electrons. The lowest BCUT2D eigenvalue weighted by Gasteiger charge is -2.40. The Morgan fingerprint density at radius 2 is 2.14 bits per heavy atom. The van der Waals surface area contributed by atoms with Gasteiger partial charge in [-0.1, -0.05) is 11.6 Å². The highest BCUT2D eigenvalue weighted by molar-refractivity contribution is 6.31. The minimum Gasteiger partial charge on any atom is -0.357 e. The van der Waals surface area contributed by atoms with E-state index in [1.54, 1.807) is 16.8 Å². The number of amides is 3. The van der Waals surface area contributed by atoms with Gasteiger partial charge < -0.3 is 20.1 Å². The molecule has 156 valence electrons. The van der Waals surface area contributed by atoms with E-state index < -0.39 is 6.17 Å². The molecule has 1 aliphatic carbocycles. The molecule has 1 atom stereocenters. The minimum absolute atomic E-state index is 0.0320. The van der Waals surface area contributed by atoms with E-state index in [0.29, 0.717) is 37.5 Å². The number of H-pyrrole nitrogens is 1. The molecule has 1 aromatic heterocycles. The van der Waals surface area contributed by atoms with Gasteiger partial charge in [0.1, 0.15) is 6.17 Å². The summed E-state index contributed by atoms with van der Waals surface area (Å²) < 4.78 is 13.1. The number of nitrogens with one attached hydrogen (secondary N) is 2. The van der Waals surface area contributed by atoms with Gasteiger partial charge in [-0.05, 0) is 49.9 Å². The number of fused-ring (bicyclic) bond motifs is 1. The van der Waals surface area contributed by atoms with E-state index in [1.165, 1.54) is 0 Å². The predicted molar refractivity (Wildman–Crippen MR) is 111 cm³/mol. The fourth-order valence-electron chi connectivity index (χ4n) is 4.20. The molecule has 1 saturated carbocycles. The third-order valence-electron chi connectivity index (χ3n) is 6.07. The average molecular weight is 421 g/mol. The van der Waals surface area contributed by atoms with E-state index >= 15 is 0 Å². The fraction of sp³-hybridized carbons (Fsp3) is 0.524. The molecule has 4 rings (SSSR count). The van der Waals surface area contributed by atoms with Gasteiger partial charge in [-0.25, -0.2) is 9.18 Å². The molecule has 2 heterocycles. The van der Waals surface area contributed by atoms with Crippen LogP contribution in [0.5, 0.6) is 0 Å². The Bertz CT molecular complexity index is 911. The summed E-state index contributed by atoms with van der Waals surface area (Å²) in [5.41, 5.74) is 1.87. The summed E-state index contributed by atoms with van der Waals surface area (Å²) in [6.45, 7) is 1.59. The number of aromatic amines is 1. The number of aromatic nitrogens is 1. The van der Waals surface area contributed by atoms with Crippen LogP contribution in [0.3, 0.4) is 0 Å². The molecule has 6 nitrogen and oxygen atoms in total. The first kappa shape index (κ1) is 20.0. The Balaban J connectivity index is 1.31. The quantitative estimate of drug-likeness (QED) is 0.791. The molecule has 3 amide bonds. The van der Waals surface area contributed by atoms with Crippen molar-refractivity contribution in [2.24, 2.45) is 5.92 Å². The maximum absolute atomic E-state index is 13.1. The molecule has 1 saturated heterocycles. The van der Waals surface area contributed by atoms with Gasteiger partial charge in [0.25, 0.3) is 0 Å². The molecular weight excluding hydrogens is 395 g/mol. The first-order valence-corrected chi connectivity index (χ1v) is 10.5. The molecule has 1 aromatic carbocycles. The number of benzene rings is 1. The molecule has 0 spiro atoms. The van der Waals surface area contributed by atoms with E-state index in [1.807, 2.05) is 24.3 Å². The Morgan fingerprint density at radius 3 is 2.90 bits per heavy atom. The lowest BCUT2D eigenvalue weighted by atomic mass is 9.82. The number of carbonyl (C=O) groups excluding carboxylic acids is 2. The summed E-state index contributed by atoms with van der Waals surface area (Å²) in [6.07, 6.45) is 1.55. The van der Waals surface area contributed by atoms with Gasteiger partial charge in [0, 0.05) is 47.7 Å². The zero-order chi connectivity index (χ0) is 20.5. The zero-order valence-electron chi connectivity index (χ0n) is 16.5. The highest BCUT2D eigenvalue weighted by Gasteiger charge is 2.38. The van der Waals surface area contributed by atoms with Crippen molar-refractivity contribution in [2.45, 2.75) is 44.4 Å². The van der Waals surface area contributed by atoms with E-state index in [9.17, 15) is 14.0 Å². The topological polar surface area (TPSA) is 68.4 Å². The van der Waals surface area contributed by atoms with Crippen LogP contribution in [-0.4, -0.2) is 59.1 Å². The largest absolute Gasteiger partial charge is 0.357 e. The van der Waals surface area contributed by atoms with Crippen molar-refractivity contribution in [2.75, 3.05) is 20.1 Å². The SMILES string of the molecule is CN(C(=O)NCc1cc2cc(Cl)ccc2[nH]1)[C@@H]1CCCN(C(=O)C2CC(F)C2)C1. The van der Waals surface area contributed by atoms with Gasteiger partial charge in [0.15, 0.2) is 0 Å². The number of urea groups is 1. The van der Waals surface area contributed by atoms with Crippen LogP contribution in [-0.2, 0) is 11.3 Å². The Hall–Kier alpha value is -2.28. The summed E-state index contributed by atoms with van der Waals surface area (Å²) >= 11 is 6.02. The summed E-state index contributed by atoms with van der Waals surface area (Å²) in [6, 6.07) is 7.38. The molecule has 2 fully saturated rings. The summed E-state index contributed by atoms with van der Waals surface area (Å²) in [5.74, 6) is -0.146. The van der Waals surface area contributed by atoms with Crippen molar-refractivity contribution in [1.29, 1.82) is 0 Å². The van der Waals surface area contributed by atoms with Gasteiger partial charge in [-0.15, -0.1) is 0 Å².